The van der Waals surface area contributed by atoms with E-state index in [1.54, 1.807) is 6.07 Å². The van der Waals surface area contributed by atoms with Crippen LogP contribution >= 0.6 is 0 Å². The van der Waals surface area contributed by atoms with Gasteiger partial charge in [-0.15, -0.1) is 0 Å². The largest absolute Gasteiger partial charge is 0.477 e. The van der Waals surface area contributed by atoms with Crippen molar-refractivity contribution in [2.24, 2.45) is 5.92 Å². The molecule has 248 valence electrons. The molecule has 6 heterocycles. The minimum atomic E-state index is -0.980. The highest BCUT2D eigenvalue weighted by Gasteiger charge is 2.33. The van der Waals surface area contributed by atoms with Crippen molar-refractivity contribution < 1.29 is 9.90 Å². The molecular weight excluding hydrogens is 596 g/mol. The second-order valence-corrected chi connectivity index (χ2v) is 14.2. The van der Waals surface area contributed by atoms with Gasteiger partial charge in [-0.2, -0.15) is 0 Å². The fourth-order valence-electron chi connectivity index (χ4n) is 8.78. The first-order valence-corrected chi connectivity index (χ1v) is 18.1. The van der Waals surface area contributed by atoms with Gasteiger partial charge in [0.15, 0.2) is 5.69 Å². The summed E-state index contributed by atoms with van der Waals surface area (Å²) in [5.74, 6) is 0.141. The Morgan fingerprint density at radius 1 is 0.896 bits per heavy atom. The number of carboxylic acids is 1. The minimum Gasteiger partial charge on any atom is -0.477 e. The summed E-state index contributed by atoms with van der Waals surface area (Å²) in [4.78, 5) is 32.0. The Labute approximate surface area is 282 Å². The number of aromatic carboxylic acids is 1. The molecule has 8 nitrogen and oxygen atoms in total. The van der Waals surface area contributed by atoms with E-state index < -0.39 is 5.97 Å². The first-order chi connectivity index (χ1) is 23.5. The molecule has 4 aromatic heterocycles. The van der Waals surface area contributed by atoms with Crippen LogP contribution in [0.2, 0.25) is 0 Å². The summed E-state index contributed by atoms with van der Waals surface area (Å²) in [5.41, 5.74) is 9.90. The maximum atomic E-state index is 12.1. The zero-order chi connectivity index (χ0) is 32.8. The molecule has 1 aliphatic carbocycles. The van der Waals surface area contributed by atoms with E-state index in [9.17, 15) is 9.90 Å². The maximum Gasteiger partial charge on any atom is 0.354 e. The third kappa shape index (κ3) is 5.64. The summed E-state index contributed by atoms with van der Waals surface area (Å²) in [6.07, 6.45) is 11.6. The van der Waals surface area contributed by atoms with Crippen LogP contribution in [-0.2, 0) is 6.54 Å². The number of anilines is 1. The highest BCUT2D eigenvalue weighted by Crippen LogP contribution is 2.49. The second kappa shape index (κ2) is 13.0. The molecule has 0 bridgehead atoms. The number of piperidine rings is 1. The summed E-state index contributed by atoms with van der Waals surface area (Å²) in [7, 11) is 0. The molecule has 8 heteroatoms. The molecular formula is C40H46N6O2. The average Bonchev–Trinajstić information content (AvgIpc) is 3.35. The van der Waals surface area contributed by atoms with Crippen molar-refractivity contribution in [1.29, 1.82) is 0 Å². The van der Waals surface area contributed by atoms with Crippen LogP contribution in [0.4, 0.5) is 5.69 Å². The Morgan fingerprint density at radius 3 is 2.56 bits per heavy atom. The molecule has 1 unspecified atom stereocenters. The van der Waals surface area contributed by atoms with Gasteiger partial charge in [0.05, 0.1) is 28.3 Å². The lowest BCUT2D eigenvalue weighted by molar-refractivity contribution is 0.0691. The van der Waals surface area contributed by atoms with Crippen molar-refractivity contribution in [3.8, 4) is 22.6 Å². The first-order valence-electron chi connectivity index (χ1n) is 18.1. The van der Waals surface area contributed by atoms with E-state index in [1.165, 1.54) is 73.3 Å². The second-order valence-electron chi connectivity index (χ2n) is 14.2. The lowest BCUT2D eigenvalue weighted by atomic mass is 9.81. The topological polar surface area (TPSA) is 87.4 Å². The molecule has 1 atom stereocenters. The summed E-state index contributed by atoms with van der Waals surface area (Å²) in [6, 6.07) is 16.7. The summed E-state index contributed by atoms with van der Waals surface area (Å²) >= 11 is 0. The number of carboxylic acid groups (broad SMARTS) is 1. The average molecular weight is 643 g/mol. The van der Waals surface area contributed by atoms with E-state index in [0.717, 1.165) is 78.8 Å². The minimum absolute atomic E-state index is 0.108. The van der Waals surface area contributed by atoms with Crippen molar-refractivity contribution in [2.45, 2.75) is 77.7 Å². The fraction of sp³-hybridized carbons (Fsp3) is 0.450. The summed E-state index contributed by atoms with van der Waals surface area (Å²) < 4.78 is 2.36. The number of hydrogen-bond donors (Lipinski definition) is 1. The van der Waals surface area contributed by atoms with Crippen molar-refractivity contribution in [2.75, 3.05) is 37.6 Å². The van der Waals surface area contributed by atoms with Crippen LogP contribution < -0.4 is 4.90 Å². The number of fused-ring (bicyclic) bond motifs is 7. The van der Waals surface area contributed by atoms with Gasteiger partial charge in [0.1, 0.15) is 5.65 Å². The Hall–Kier alpha value is -4.30. The number of aryl methyl sites for hydroxylation is 1. The Morgan fingerprint density at radius 2 is 1.75 bits per heavy atom. The smallest absolute Gasteiger partial charge is 0.354 e. The van der Waals surface area contributed by atoms with Gasteiger partial charge in [-0.1, -0.05) is 26.2 Å². The van der Waals surface area contributed by atoms with Crippen LogP contribution in [0.5, 0.6) is 0 Å². The van der Waals surface area contributed by atoms with Gasteiger partial charge in [0.2, 0.25) is 0 Å². The van der Waals surface area contributed by atoms with Crippen molar-refractivity contribution in [1.82, 2.24) is 24.4 Å². The van der Waals surface area contributed by atoms with E-state index in [2.05, 4.69) is 63.5 Å². The summed E-state index contributed by atoms with van der Waals surface area (Å²) in [5, 5.41) is 12.2. The number of nitrogens with zero attached hydrogens (tertiary/aromatic N) is 6. The zero-order valence-electron chi connectivity index (χ0n) is 28.3. The standard InChI is InChI=1S/C40H46N6O2/c1-3-44-20-7-8-27(25-44)18-21-45-22-23-46-38(36(28-9-5-4-6-10-28)30-12-16-34(40(47)48)43-39(30)46)31-13-14-32-29(37(31)45)11-15-33(42-32)35-24-26(2)17-19-41-35/h11-17,19,24,27-28H,3-10,18,20-23,25H2,1-2H3,(H,47,48). The number of likely N-dealkylation sites (tertiary alicyclic amines) is 1. The quantitative estimate of drug-likeness (QED) is 0.191. The lowest BCUT2D eigenvalue weighted by Crippen LogP contribution is -2.37. The molecule has 0 spiro atoms. The molecule has 48 heavy (non-hydrogen) atoms. The highest BCUT2D eigenvalue weighted by atomic mass is 16.4. The van der Waals surface area contributed by atoms with E-state index >= 15 is 0 Å². The van der Waals surface area contributed by atoms with E-state index in [4.69, 9.17) is 9.97 Å². The molecule has 5 aromatic rings. The third-order valence-corrected chi connectivity index (χ3v) is 11.2. The number of rotatable bonds is 7. The van der Waals surface area contributed by atoms with Gasteiger partial charge in [-0.05, 0) is 124 Å². The SMILES string of the molecule is CCN1CCCC(CCN2CCn3c(c(C4CCCCC4)c4ccc(C(=O)O)nc43)-c3ccc4nc(-c5cc(C)ccn5)ccc4c32)C1. The molecule has 1 saturated heterocycles. The molecule has 1 saturated carbocycles. The predicted octanol–water partition coefficient (Wildman–Crippen LogP) is 8.31. The molecule has 0 amide bonds. The van der Waals surface area contributed by atoms with Gasteiger partial charge in [-0.25, -0.2) is 14.8 Å². The number of aromatic nitrogens is 4. The molecule has 3 aliphatic rings. The van der Waals surface area contributed by atoms with Crippen molar-refractivity contribution in [3.63, 3.8) is 0 Å². The van der Waals surface area contributed by atoms with Crippen LogP contribution in [-0.4, -0.2) is 68.2 Å². The Kier molecular flexibility index (Phi) is 8.37. The van der Waals surface area contributed by atoms with Crippen LogP contribution in [0, 0.1) is 12.8 Å². The fourth-order valence-corrected chi connectivity index (χ4v) is 8.78. The normalized spacial score (nSPS) is 19.0. The lowest BCUT2D eigenvalue weighted by Gasteiger charge is -2.34. The Bertz CT molecular complexity index is 1990. The van der Waals surface area contributed by atoms with E-state index in [1.807, 2.05) is 18.3 Å². The van der Waals surface area contributed by atoms with Crippen LogP contribution in [0.15, 0.2) is 54.7 Å². The first kappa shape index (κ1) is 31.0. The Balaban J connectivity index is 1.31. The molecule has 0 radical (unpaired) electrons. The third-order valence-electron chi connectivity index (χ3n) is 11.2. The van der Waals surface area contributed by atoms with Gasteiger partial charge in [-0.3, -0.25) is 4.98 Å². The maximum absolute atomic E-state index is 12.1. The molecule has 2 fully saturated rings. The van der Waals surface area contributed by atoms with Crippen LogP contribution in [0.3, 0.4) is 0 Å². The molecule has 1 N–H and O–H groups in total. The van der Waals surface area contributed by atoms with Gasteiger partial charge in [0, 0.05) is 48.7 Å². The number of hydrogen-bond acceptors (Lipinski definition) is 6. The van der Waals surface area contributed by atoms with Gasteiger partial charge >= 0.3 is 5.97 Å². The van der Waals surface area contributed by atoms with Gasteiger partial charge in [0.25, 0.3) is 0 Å². The monoisotopic (exact) mass is 642 g/mol. The number of carbonyl (C=O) groups is 1. The van der Waals surface area contributed by atoms with Crippen LogP contribution in [0.1, 0.15) is 85.8 Å². The molecule has 1 aromatic carbocycles. The predicted molar refractivity (Wildman–Crippen MR) is 193 cm³/mol. The molecule has 8 rings (SSSR count). The van der Waals surface area contributed by atoms with E-state index in [0.29, 0.717) is 11.8 Å². The number of pyridine rings is 3. The summed E-state index contributed by atoms with van der Waals surface area (Å²) in [6.45, 7) is 10.4. The van der Waals surface area contributed by atoms with Crippen LogP contribution in [0.25, 0.3) is 44.6 Å². The molecule has 2 aliphatic heterocycles. The van der Waals surface area contributed by atoms with Gasteiger partial charge < -0.3 is 19.5 Å². The van der Waals surface area contributed by atoms with Crippen molar-refractivity contribution in [3.05, 3.63) is 71.5 Å². The number of benzene rings is 1. The van der Waals surface area contributed by atoms with Crippen molar-refractivity contribution >= 4 is 33.6 Å². The zero-order valence-corrected chi connectivity index (χ0v) is 28.3. The van der Waals surface area contributed by atoms with E-state index in [-0.39, 0.29) is 5.69 Å². The highest BCUT2D eigenvalue weighted by molar-refractivity contribution is 6.04.